The summed E-state index contributed by atoms with van der Waals surface area (Å²) >= 11 is 3.15. The Kier molecular flexibility index (Phi) is 9.43. The van der Waals surface area contributed by atoms with E-state index in [1.165, 1.54) is 11.3 Å². The van der Waals surface area contributed by atoms with Gasteiger partial charge >= 0.3 is 0 Å². The van der Waals surface area contributed by atoms with Gasteiger partial charge in [-0.05, 0) is 60.8 Å². The fraction of sp³-hybridized carbons (Fsp3) is 0.160. The fourth-order valence-electron chi connectivity index (χ4n) is 3.07. The standard InChI is InChI=1S/C25H24N4O4S2.ClH/c1-15(26)23(30)28-16-5-10-21(33-19-8-6-18(32-2)7-9-19)20(12-16)24(31)27-13-17-14-35-25(29-17)22-4-3-11-34-22;/h3-12,14-15H,13,26H2,1-2H3,(H,27,31)(H,28,30);1H/t15-;/m0./s1. The van der Waals surface area contributed by atoms with Crippen molar-refractivity contribution in [2.24, 2.45) is 5.73 Å². The number of hydrogen-bond acceptors (Lipinski definition) is 8. The number of hydrogen-bond donors (Lipinski definition) is 3. The molecule has 8 nitrogen and oxygen atoms in total. The number of carbonyl (C=O) groups excluding carboxylic acids is 2. The number of methoxy groups -OCH3 is 1. The van der Waals surface area contributed by atoms with Crippen LogP contribution in [0.3, 0.4) is 0 Å². The van der Waals surface area contributed by atoms with Gasteiger partial charge in [0.25, 0.3) is 5.91 Å². The third kappa shape index (κ3) is 6.82. The van der Waals surface area contributed by atoms with Crippen LogP contribution < -0.4 is 25.8 Å². The molecule has 2 aromatic heterocycles. The molecule has 36 heavy (non-hydrogen) atoms. The number of nitrogens with zero attached hydrogens (tertiary/aromatic N) is 1. The highest BCUT2D eigenvalue weighted by molar-refractivity contribution is 7.20. The number of thiophene rings is 1. The monoisotopic (exact) mass is 544 g/mol. The maximum Gasteiger partial charge on any atom is 0.255 e. The first-order chi connectivity index (χ1) is 16.9. The van der Waals surface area contributed by atoms with Crippen LogP contribution >= 0.6 is 35.1 Å². The van der Waals surface area contributed by atoms with Crippen LogP contribution in [-0.2, 0) is 11.3 Å². The van der Waals surface area contributed by atoms with E-state index < -0.39 is 6.04 Å². The minimum Gasteiger partial charge on any atom is -0.497 e. The van der Waals surface area contributed by atoms with E-state index in [9.17, 15) is 9.59 Å². The lowest BCUT2D eigenvalue weighted by Crippen LogP contribution is -2.32. The van der Waals surface area contributed by atoms with E-state index in [0.29, 0.717) is 22.9 Å². The third-order valence-electron chi connectivity index (χ3n) is 4.91. The van der Waals surface area contributed by atoms with Crippen molar-refractivity contribution in [3.05, 3.63) is 76.6 Å². The summed E-state index contributed by atoms with van der Waals surface area (Å²) in [6.07, 6.45) is 0. The molecule has 0 saturated heterocycles. The molecule has 188 valence electrons. The zero-order valence-electron chi connectivity index (χ0n) is 19.5. The molecule has 0 saturated carbocycles. The Morgan fingerprint density at radius 2 is 1.83 bits per heavy atom. The van der Waals surface area contributed by atoms with E-state index in [1.807, 2.05) is 22.9 Å². The summed E-state index contributed by atoms with van der Waals surface area (Å²) in [4.78, 5) is 30.9. The number of aromatic nitrogens is 1. The quantitative estimate of drug-likeness (QED) is 0.263. The summed E-state index contributed by atoms with van der Waals surface area (Å²) in [5.74, 6) is 0.839. The van der Waals surface area contributed by atoms with Crippen molar-refractivity contribution in [2.45, 2.75) is 19.5 Å². The lowest BCUT2D eigenvalue weighted by Gasteiger charge is -2.14. The summed E-state index contributed by atoms with van der Waals surface area (Å²) in [6.45, 7) is 1.83. The van der Waals surface area contributed by atoms with Crippen LogP contribution in [0.2, 0.25) is 0 Å². The Bertz CT molecular complexity index is 1310. The number of nitrogens with two attached hydrogens (primary N) is 1. The topological polar surface area (TPSA) is 116 Å². The second kappa shape index (κ2) is 12.5. The molecule has 4 rings (SSSR count). The molecule has 1 atom stereocenters. The molecule has 0 aliphatic heterocycles. The molecular formula is C25H25ClN4O4S2. The third-order valence-corrected chi connectivity index (χ3v) is 6.84. The van der Waals surface area contributed by atoms with Crippen LogP contribution in [-0.4, -0.2) is 29.9 Å². The van der Waals surface area contributed by atoms with Crippen LogP contribution in [0.4, 0.5) is 5.69 Å². The summed E-state index contributed by atoms with van der Waals surface area (Å²) < 4.78 is 11.2. The Hall–Kier alpha value is -3.44. The molecule has 11 heteroatoms. The molecule has 0 spiro atoms. The SMILES string of the molecule is COc1ccc(Oc2ccc(NC(=O)[C@H](C)N)cc2C(=O)NCc2csc(-c3cccs3)n2)cc1.Cl. The van der Waals surface area contributed by atoms with Gasteiger partial charge < -0.3 is 25.8 Å². The number of rotatable bonds is 9. The molecule has 0 radical (unpaired) electrons. The van der Waals surface area contributed by atoms with Crippen LogP contribution in [0, 0.1) is 0 Å². The molecule has 2 aromatic carbocycles. The lowest BCUT2D eigenvalue weighted by molar-refractivity contribution is -0.117. The molecular weight excluding hydrogens is 520 g/mol. The first-order valence-corrected chi connectivity index (χ1v) is 12.5. The van der Waals surface area contributed by atoms with Crippen LogP contribution in [0.5, 0.6) is 17.2 Å². The Balaban J connectivity index is 0.00000361. The largest absolute Gasteiger partial charge is 0.497 e. The lowest BCUT2D eigenvalue weighted by atomic mass is 10.1. The van der Waals surface area contributed by atoms with Gasteiger partial charge in [0.2, 0.25) is 5.91 Å². The second-order valence-electron chi connectivity index (χ2n) is 7.57. The van der Waals surface area contributed by atoms with Gasteiger partial charge in [-0.3, -0.25) is 9.59 Å². The first kappa shape index (κ1) is 27.2. The highest BCUT2D eigenvalue weighted by Gasteiger charge is 2.17. The zero-order valence-corrected chi connectivity index (χ0v) is 22.0. The molecule has 4 aromatic rings. The second-order valence-corrected chi connectivity index (χ2v) is 9.38. The molecule has 2 heterocycles. The number of thiazole rings is 1. The molecule has 0 aliphatic rings. The summed E-state index contributed by atoms with van der Waals surface area (Å²) in [7, 11) is 1.58. The average molecular weight is 545 g/mol. The van der Waals surface area contributed by atoms with Gasteiger partial charge in [0, 0.05) is 11.1 Å². The van der Waals surface area contributed by atoms with Gasteiger partial charge in [-0.25, -0.2) is 4.98 Å². The number of benzene rings is 2. The van der Waals surface area contributed by atoms with Crippen LogP contribution in [0.15, 0.2) is 65.4 Å². The average Bonchev–Trinajstić information content (AvgIpc) is 3.56. The van der Waals surface area contributed by atoms with E-state index in [2.05, 4.69) is 15.6 Å². The molecule has 0 unspecified atom stereocenters. The number of halogens is 1. The van der Waals surface area contributed by atoms with Crippen molar-refractivity contribution in [1.29, 1.82) is 0 Å². The minimum absolute atomic E-state index is 0. The summed E-state index contributed by atoms with van der Waals surface area (Å²) in [5, 5.41) is 10.4. The molecule has 0 aliphatic carbocycles. The predicted octanol–water partition coefficient (Wildman–Crippen LogP) is 5.31. The van der Waals surface area contributed by atoms with Gasteiger partial charge in [0.05, 0.1) is 35.8 Å². The van der Waals surface area contributed by atoms with E-state index >= 15 is 0 Å². The first-order valence-electron chi connectivity index (χ1n) is 10.7. The number of nitrogens with one attached hydrogen (secondary N) is 2. The van der Waals surface area contributed by atoms with Gasteiger partial charge in [-0.15, -0.1) is 35.1 Å². The smallest absolute Gasteiger partial charge is 0.255 e. The van der Waals surface area contributed by atoms with Crippen molar-refractivity contribution >= 4 is 52.6 Å². The number of ether oxygens (including phenoxy) is 2. The highest BCUT2D eigenvalue weighted by Crippen LogP contribution is 2.30. The van der Waals surface area contributed by atoms with Crippen molar-refractivity contribution in [2.75, 3.05) is 12.4 Å². The van der Waals surface area contributed by atoms with E-state index in [1.54, 1.807) is 67.8 Å². The molecule has 4 N–H and O–H groups in total. The fourth-order valence-corrected chi connectivity index (χ4v) is 4.70. The number of anilines is 1. The molecule has 2 amide bonds. The van der Waals surface area contributed by atoms with E-state index in [4.69, 9.17) is 15.2 Å². The number of amides is 2. The van der Waals surface area contributed by atoms with Gasteiger partial charge in [0.1, 0.15) is 22.3 Å². The maximum atomic E-state index is 13.2. The van der Waals surface area contributed by atoms with Crippen molar-refractivity contribution in [3.8, 4) is 27.1 Å². The summed E-state index contributed by atoms with van der Waals surface area (Å²) in [5.41, 5.74) is 7.11. The minimum atomic E-state index is -0.690. The van der Waals surface area contributed by atoms with Crippen LogP contribution in [0.1, 0.15) is 23.0 Å². The number of carbonyl (C=O) groups is 2. The van der Waals surface area contributed by atoms with Crippen molar-refractivity contribution in [3.63, 3.8) is 0 Å². The summed E-state index contributed by atoms with van der Waals surface area (Å²) in [6, 6.07) is 15.2. The maximum absolute atomic E-state index is 13.2. The Labute approximate surface area is 222 Å². The van der Waals surface area contributed by atoms with Crippen LogP contribution in [0.25, 0.3) is 9.88 Å². The molecule has 0 bridgehead atoms. The molecule has 0 fully saturated rings. The van der Waals surface area contributed by atoms with Gasteiger partial charge in [0.15, 0.2) is 0 Å². The van der Waals surface area contributed by atoms with Gasteiger partial charge in [-0.1, -0.05) is 6.07 Å². The zero-order chi connectivity index (χ0) is 24.8. The van der Waals surface area contributed by atoms with E-state index in [0.717, 1.165) is 15.6 Å². The van der Waals surface area contributed by atoms with E-state index in [-0.39, 0.29) is 36.3 Å². The van der Waals surface area contributed by atoms with Gasteiger partial charge in [-0.2, -0.15) is 0 Å². The highest BCUT2D eigenvalue weighted by atomic mass is 35.5. The predicted molar refractivity (Wildman–Crippen MR) is 146 cm³/mol. The Morgan fingerprint density at radius 3 is 2.50 bits per heavy atom. The normalized spacial score (nSPS) is 11.2. The van der Waals surface area contributed by atoms with Crippen molar-refractivity contribution in [1.82, 2.24) is 10.3 Å². The van der Waals surface area contributed by atoms with Crippen molar-refractivity contribution < 1.29 is 19.1 Å². The Morgan fingerprint density at radius 1 is 1.08 bits per heavy atom.